The molecule has 3 rings (SSSR count). The van der Waals surface area contributed by atoms with Crippen LogP contribution in [0.2, 0.25) is 0 Å². The molecule has 0 saturated carbocycles. The van der Waals surface area contributed by atoms with Crippen LogP contribution in [0.1, 0.15) is 79.1 Å². The summed E-state index contributed by atoms with van der Waals surface area (Å²) in [4.78, 5) is 31.4. The Labute approximate surface area is 267 Å². The van der Waals surface area contributed by atoms with Crippen molar-refractivity contribution in [2.75, 3.05) is 23.9 Å². The number of carbonyl (C=O) groups is 2. The Kier molecular flexibility index (Phi) is 12.2. The molecule has 0 spiro atoms. The molecule has 10 nitrogen and oxygen atoms in total. The average molecular weight is 633 g/mol. The van der Waals surface area contributed by atoms with Gasteiger partial charge in [-0.3, -0.25) is 9.59 Å². The maximum absolute atomic E-state index is 13.6. The van der Waals surface area contributed by atoms with Crippen LogP contribution in [0.5, 0.6) is 11.5 Å². The summed E-state index contributed by atoms with van der Waals surface area (Å²) in [7, 11) is 3.37. The molecule has 0 saturated heterocycles. The van der Waals surface area contributed by atoms with Crippen LogP contribution in [0, 0.1) is 57.2 Å². The SMILES string of the molecule is CCCCC(CC)C(=O)Oc1c(OC(=O)C(CC)CCCC)c2c(c3c1SC(=C(C#N)C#N)N3C)N(C)C(=C(C#N)C#N)S2. The molecular formula is C32H36N6O4S2. The summed E-state index contributed by atoms with van der Waals surface area (Å²) in [5.74, 6) is -1.67. The first-order valence-corrected chi connectivity index (χ1v) is 16.4. The number of hydrogen-bond donors (Lipinski definition) is 0. The molecule has 0 aromatic heterocycles. The van der Waals surface area contributed by atoms with E-state index in [9.17, 15) is 30.6 Å². The highest BCUT2D eigenvalue weighted by Crippen LogP contribution is 2.66. The highest BCUT2D eigenvalue weighted by Gasteiger charge is 2.43. The molecule has 44 heavy (non-hydrogen) atoms. The molecule has 2 aliphatic rings. The Hall–Kier alpha value is -4.10. The van der Waals surface area contributed by atoms with Crippen molar-refractivity contribution < 1.29 is 19.1 Å². The number of benzene rings is 1. The van der Waals surface area contributed by atoms with Gasteiger partial charge in [-0.15, -0.1) is 0 Å². The number of hydrogen-bond acceptors (Lipinski definition) is 12. The minimum absolute atomic E-state index is 0.0251. The number of nitriles is 4. The van der Waals surface area contributed by atoms with Crippen molar-refractivity contribution in [3.8, 4) is 35.8 Å². The van der Waals surface area contributed by atoms with Crippen molar-refractivity contribution >= 4 is 46.8 Å². The van der Waals surface area contributed by atoms with Gasteiger partial charge < -0.3 is 19.3 Å². The number of allylic oxidation sites excluding steroid dienone is 2. The lowest BCUT2D eigenvalue weighted by Crippen LogP contribution is -2.24. The normalized spacial score (nSPS) is 14.4. The highest BCUT2D eigenvalue weighted by molar-refractivity contribution is 8.04. The van der Waals surface area contributed by atoms with Gasteiger partial charge in [0.2, 0.25) is 0 Å². The van der Waals surface area contributed by atoms with Crippen LogP contribution < -0.4 is 19.3 Å². The Bertz CT molecular complexity index is 1410. The van der Waals surface area contributed by atoms with E-state index in [1.807, 2.05) is 52.0 Å². The second-order valence-electron chi connectivity index (χ2n) is 10.5. The maximum Gasteiger partial charge on any atom is 0.314 e. The van der Waals surface area contributed by atoms with E-state index in [2.05, 4.69) is 0 Å². The van der Waals surface area contributed by atoms with Crippen LogP contribution in [0.25, 0.3) is 0 Å². The van der Waals surface area contributed by atoms with Crippen molar-refractivity contribution in [1.82, 2.24) is 0 Å². The molecule has 12 heteroatoms. The van der Waals surface area contributed by atoms with Gasteiger partial charge in [-0.2, -0.15) is 21.0 Å². The van der Waals surface area contributed by atoms with Crippen LogP contribution in [-0.2, 0) is 9.59 Å². The number of carbonyl (C=O) groups excluding carboxylic acids is 2. The first kappa shape index (κ1) is 34.4. The minimum Gasteiger partial charge on any atom is -0.421 e. The molecule has 0 aliphatic carbocycles. The van der Waals surface area contributed by atoms with Gasteiger partial charge in [0, 0.05) is 14.1 Å². The van der Waals surface area contributed by atoms with Gasteiger partial charge in [0.25, 0.3) is 0 Å². The van der Waals surface area contributed by atoms with Crippen LogP contribution in [-0.4, -0.2) is 26.0 Å². The van der Waals surface area contributed by atoms with Gasteiger partial charge in [0.05, 0.1) is 33.0 Å². The fourth-order valence-electron chi connectivity index (χ4n) is 5.09. The van der Waals surface area contributed by atoms with Gasteiger partial charge in [0.1, 0.15) is 34.3 Å². The third-order valence-electron chi connectivity index (χ3n) is 7.70. The lowest BCUT2D eigenvalue weighted by molar-refractivity contribution is -0.142. The number of thioether (sulfide) groups is 2. The minimum atomic E-state index is -0.471. The predicted molar refractivity (Wildman–Crippen MR) is 169 cm³/mol. The lowest BCUT2D eigenvalue weighted by atomic mass is 9.99. The summed E-state index contributed by atoms with van der Waals surface area (Å²) in [5, 5.41) is 39.5. The Morgan fingerprint density at radius 2 is 1.02 bits per heavy atom. The summed E-state index contributed by atoms with van der Waals surface area (Å²) >= 11 is 2.15. The van der Waals surface area contributed by atoms with Gasteiger partial charge in [-0.05, 0) is 25.7 Å². The van der Waals surface area contributed by atoms with Crippen LogP contribution in [0.4, 0.5) is 11.4 Å². The third-order valence-corrected chi connectivity index (χ3v) is 10.2. The number of rotatable bonds is 12. The first-order valence-electron chi connectivity index (χ1n) is 14.8. The molecule has 2 heterocycles. The average Bonchev–Trinajstić information content (AvgIpc) is 3.53. The first-order chi connectivity index (χ1) is 21.2. The second kappa shape index (κ2) is 15.6. The van der Waals surface area contributed by atoms with E-state index in [0.717, 1.165) is 49.2 Å². The zero-order chi connectivity index (χ0) is 32.6. The molecule has 0 bridgehead atoms. The van der Waals surface area contributed by atoms with Crippen LogP contribution in [0.15, 0.2) is 31.0 Å². The molecule has 0 fully saturated rings. The van der Waals surface area contributed by atoms with Crippen LogP contribution in [0.3, 0.4) is 0 Å². The Balaban J connectivity index is 2.38. The van der Waals surface area contributed by atoms with Crippen molar-refractivity contribution in [3.63, 3.8) is 0 Å². The second-order valence-corrected chi connectivity index (χ2v) is 12.5. The van der Waals surface area contributed by atoms with Crippen molar-refractivity contribution in [2.24, 2.45) is 11.8 Å². The third kappa shape index (κ3) is 6.68. The number of anilines is 2. The number of unbranched alkanes of at least 4 members (excludes halogenated alkanes) is 2. The van der Waals surface area contributed by atoms with Crippen LogP contribution >= 0.6 is 23.5 Å². The summed E-state index contributed by atoms with van der Waals surface area (Å²) in [5.41, 5.74) is 0.727. The van der Waals surface area contributed by atoms with E-state index < -0.39 is 23.8 Å². The molecule has 2 atom stereocenters. The molecule has 2 unspecified atom stereocenters. The van der Waals surface area contributed by atoms with E-state index >= 15 is 0 Å². The number of esters is 2. The monoisotopic (exact) mass is 632 g/mol. The largest absolute Gasteiger partial charge is 0.421 e. The fraction of sp³-hybridized carbons (Fsp3) is 0.500. The van der Waals surface area contributed by atoms with E-state index in [4.69, 9.17) is 9.47 Å². The highest BCUT2D eigenvalue weighted by atomic mass is 32.2. The summed E-state index contributed by atoms with van der Waals surface area (Å²) in [6.07, 6.45) is 5.87. The fourth-order valence-corrected chi connectivity index (χ4v) is 7.44. The number of nitrogens with zero attached hydrogens (tertiary/aromatic N) is 6. The van der Waals surface area contributed by atoms with Gasteiger partial charge >= 0.3 is 11.9 Å². The topological polar surface area (TPSA) is 154 Å². The summed E-state index contributed by atoms with van der Waals surface area (Å²) in [6, 6.07) is 7.73. The molecule has 0 N–H and O–H groups in total. The lowest BCUT2D eigenvalue weighted by Gasteiger charge is -2.24. The predicted octanol–water partition coefficient (Wildman–Crippen LogP) is 7.53. The van der Waals surface area contributed by atoms with Crippen molar-refractivity contribution in [1.29, 1.82) is 21.0 Å². The summed E-state index contributed by atoms with van der Waals surface area (Å²) < 4.78 is 12.3. The van der Waals surface area contributed by atoms with Gasteiger partial charge in [-0.1, -0.05) is 76.9 Å². The van der Waals surface area contributed by atoms with E-state index in [-0.39, 0.29) is 22.6 Å². The Morgan fingerprint density at radius 3 is 1.30 bits per heavy atom. The Morgan fingerprint density at radius 1 is 0.682 bits per heavy atom. The number of ether oxygens (including phenoxy) is 2. The molecule has 0 amide bonds. The summed E-state index contributed by atoms with van der Waals surface area (Å²) in [6.45, 7) is 7.92. The molecule has 2 aliphatic heterocycles. The number of fused-ring (bicyclic) bond motifs is 3. The van der Waals surface area contributed by atoms with Gasteiger partial charge in [-0.25, -0.2) is 0 Å². The smallest absolute Gasteiger partial charge is 0.314 e. The standard InChI is InChI=1S/C32H36N6O4S2/c1-7-11-13-19(9-3)31(39)41-25-26(42-32(40)20(10-4)14-12-8-2)28-24(38(6)30(44-28)22(17-35)18-36)23-27(25)43-29(37(23)5)21(15-33)16-34/h19-20H,7-14H2,1-6H3. The van der Waals surface area contributed by atoms with Gasteiger partial charge in [0.15, 0.2) is 22.6 Å². The zero-order valence-electron chi connectivity index (χ0n) is 25.9. The van der Waals surface area contributed by atoms with Crippen molar-refractivity contribution in [2.45, 2.75) is 88.9 Å². The van der Waals surface area contributed by atoms with Crippen molar-refractivity contribution in [3.05, 3.63) is 21.2 Å². The maximum atomic E-state index is 13.6. The quantitative estimate of drug-likeness (QED) is 0.127. The molecule has 1 aromatic carbocycles. The van der Waals surface area contributed by atoms with E-state index in [1.54, 1.807) is 23.9 Å². The zero-order valence-corrected chi connectivity index (χ0v) is 27.6. The molecule has 1 aromatic rings. The molecular weight excluding hydrogens is 597 g/mol. The van der Waals surface area contributed by atoms with E-state index in [0.29, 0.717) is 56.9 Å². The molecule has 230 valence electrons. The van der Waals surface area contributed by atoms with E-state index in [1.165, 1.54) is 0 Å². The molecule has 0 radical (unpaired) electrons.